The van der Waals surface area contributed by atoms with Gasteiger partial charge in [0.2, 0.25) is 0 Å². The highest BCUT2D eigenvalue weighted by Crippen LogP contribution is 2.12. The fourth-order valence-electron chi connectivity index (χ4n) is 2.55. The molecule has 0 rings (SSSR count). The van der Waals surface area contributed by atoms with E-state index in [2.05, 4.69) is 6.92 Å². The third kappa shape index (κ3) is 20.3. The molecule has 0 aromatic rings. The molecule has 0 fully saturated rings. The Bertz CT molecular complexity index is 165. The predicted octanol–water partition coefficient (Wildman–Crippen LogP) is 3.49. The average molecular weight is 335 g/mol. The van der Waals surface area contributed by atoms with Gasteiger partial charge in [0, 0.05) is 6.61 Å². The summed E-state index contributed by atoms with van der Waals surface area (Å²) in [6.07, 6.45) is 19.4. The van der Waals surface area contributed by atoms with Gasteiger partial charge in [-0.15, -0.1) is 0 Å². The van der Waals surface area contributed by atoms with Gasteiger partial charge in [0.1, 0.15) is 0 Å². The minimum Gasteiger partial charge on any atom is -0.424 e. The quantitative estimate of drug-likeness (QED) is 0.308. The molecule has 0 saturated carbocycles. The first-order valence-corrected chi connectivity index (χ1v) is 11.5. The van der Waals surface area contributed by atoms with Gasteiger partial charge in [-0.25, -0.2) is 0 Å². The number of hydrogen-bond donors (Lipinski definition) is 1. The maximum absolute atomic E-state index is 8.56. The zero-order chi connectivity index (χ0) is 15.4. The Morgan fingerprint density at radius 3 is 1.52 bits per heavy atom. The van der Waals surface area contributed by atoms with Gasteiger partial charge in [0.25, 0.3) is 20.0 Å². The van der Waals surface area contributed by atoms with Crippen molar-refractivity contribution >= 4 is 20.0 Å². The summed E-state index contributed by atoms with van der Waals surface area (Å²) in [6, 6.07) is 0. The lowest BCUT2D eigenvalue weighted by Crippen LogP contribution is -2.08. The Balaban J connectivity index is 2.90. The van der Waals surface area contributed by atoms with Crippen LogP contribution in [0.4, 0.5) is 0 Å². The Labute approximate surface area is 137 Å². The van der Waals surface area contributed by atoms with Crippen molar-refractivity contribution < 1.29 is 13.3 Å². The van der Waals surface area contributed by atoms with Gasteiger partial charge in [0.05, 0.1) is 0 Å². The minimum absolute atomic E-state index is 0.832. The SMILES string of the molecule is CCCCCCCCCCCCCCCCO[SiH2]O[SiH2]O. The van der Waals surface area contributed by atoms with Gasteiger partial charge < -0.3 is 13.3 Å². The molecule has 0 aliphatic rings. The van der Waals surface area contributed by atoms with Crippen LogP contribution in [0.15, 0.2) is 0 Å². The second-order valence-corrected chi connectivity index (χ2v) is 8.49. The number of hydrogen-bond acceptors (Lipinski definition) is 3. The predicted molar refractivity (Wildman–Crippen MR) is 96.7 cm³/mol. The molecular weight excluding hydrogens is 296 g/mol. The Hall–Kier alpha value is 0.314. The third-order valence-electron chi connectivity index (χ3n) is 3.90. The van der Waals surface area contributed by atoms with Gasteiger partial charge >= 0.3 is 0 Å². The van der Waals surface area contributed by atoms with Crippen molar-refractivity contribution in [2.45, 2.75) is 96.8 Å². The van der Waals surface area contributed by atoms with Crippen LogP contribution >= 0.6 is 0 Å². The molecule has 1 N–H and O–H groups in total. The van der Waals surface area contributed by atoms with Gasteiger partial charge in [-0.1, -0.05) is 90.4 Å². The van der Waals surface area contributed by atoms with Crippen molar-refractivity contribution in [2.24, 2.45) is 0 Å². The van der Waals surface area contributed by atoms with Crippen LogP contribution in [-0.4, -0.2) is 31.4 Å². The zero-order valence-electron chi connectivity index (χ0n) is 14.3. The normalized spacial score (nSPS) is 12.3. The standard InChI is InChI=1S/C16H38O3Si2/c1-2-3-4-5-6-7-8-9-10-11-12-13-14-15-16-18-21-19-20-17/h17H,2-16,20-21H2,1H3. The first kappa shape index (κ1) is 21.3. The van der Waals surface area contributed by atoms with Crippen LogP contribution in [0.25, 0.3) is 0 Å². The molecule has 0 aromatic heterocycles. The van der Waals surface area contributed by atoms with E-state index in [1.54, 1.807) is 0 Å². The zero-order valence-corrected chi connectivity index (χ0v) is 17.1. The van der Waals surface area contributed by atoms with E-state index in [1.807, 2.05) is 0 Å². The van der Waals surface area contributed by atoms with Crippen LogP contribution in [0.5, 0.6) is 0 Å². The third-order valence-corrected chi connectivity index (χ3v) is 5.75. The lowest BCUT2D eigenvalue weighted by atomic mass is 10.0. The van der Waals surface area contributed by atoms with Crippen LogP contribution in [0, 0.1) is 0 Å². The lowest BCUT2D eigenvalue weighted by Gasteiger charge is -2.04. The summed E-state index contributed by atoms with van der Waals surface area (Å²) in [6.45, 7) is 3.11. The highest BCUT2D eigenvalue weighted by Gasteiger charge is 1.94. The van der Waals surface area contributed by atoms with Gasteiger partial charge in [0.15, 0.2) is 0 Å². The van der Waals surface area contributed by atoms with E-state index < -0.39 is 20.0 Å². The summed E-state index contributed by atoms with van der Waals surface area (Å²) in [4.78, 5) is 8.56. The van der Waals surface area contributed by atoms with E-state index in [-0.39, 0.29) is 0 Å². The summed E-state index contributed by atoms with van der Waals surface area (Å²) in [5.74, 6) is 0. The molecule has 0 spiro atoms. The van der Waals surface area contributed by atoms with E-state index in [0.717, 1.165) is 13.0 Å². The highest BCUT2D eigenvalue weighted by atomic mass is 28.3. The van der Waals surface area contributed by atoms with Crippen molar-refractivity contribution in [3.63, 3.8) is 0 Å². The van der Waals surface area contributed by atoms with Gasteiger partial charge in [-0.05, 0) is 6.42 Å². The molecule has 0 bridgehead atoms. The average Bonchev–Trinajstić information content (AvgIpc) is 2.50. The van der Waals surface area contributed by atoms with Crippen LogP contribution in [-0.2, 0) is 8.54 Å². The fourth-order valence-corrected chi connectivity index (χ4v) is 3.65. The topological polar surface area (TPSA) is 38.7 Å². The maximum atomic E-state index is 8.56. The largest absolute Gasteiger partial charge is 0.424 e. The van der Waals surface area contributed by atoms with Crippen molar-refractivity contribution in [2.75, 3.05) is 6.61 Å². The molecular formula is C16H38O3Si2. The molecule has 3 nitrogen and oxygen atoms in total. The van der Waals surface area contributed by atoms with E-state index in [0.29, 0.717) is 0 Å². The minimum atomic E-state index is -1.22. The van der Waals surface area contributed by atoms with Gasteiger partial charge in [-0.2, -0.15) is 0 Å². The molecule has 5 heteroatoms. The van der Waals surface area contributed by atoms with E-state index in [4.69, 9.17) is 13.3 Å². The molecule has 0 aromatic carbocycles. The van der Waals surface area contributed by atoms with Crippen molar-refractivity contribution in [1.29, 1.82) is 0 Å². The summed E-state index contributed by atoms with van der Waals surface area (Å²) in [5, 5.41) is 0. The number of unbranched alkanes of at least 4 members (excludes halogenated alkanes) is 13. The van der Waals surface area contributed by atoms with E-state index >= 15 is 0 Å². The summed E-state index contributed by atoms with van der Waals surface area (Å²) in [5.41, 5.74) is 0. The van der Waals surface area contributed by atoms with E-state index in [9.17, 15) is 0 Å². The maximum Gasteiger partial charge on any atom is 0.295 e. The molecule has 0 saturated heterocycles. The van der Waals surface area contributed by atoms with Crippen molar-refractivity contribution in [3.8, 4) is 0 Å². The molecule has 0 aliphatic carbocycles. The molecule has 0 aliphatic heterocycles. The van der Waals surface area contributed by atoms with Crippen molar-refractivity contribution in [1.82, 2.24) is 0 Å². The lowest BCUT2D eigenvalue weighted by molar-refractivity contribution is 0.273. The molecule has 128 valence electrons. The Kier molecular flexibility index (Phi) is 20.6. The highest BCUT2D eigenvalue weighted by molar-refractivity contribution is 6.33. The second-order valence-electron chi connectivity index (χ2n) is 5.96. The Morgan fingerprint density at radius 1 is 0.667 bits per heavy atom. The van der Waals surface area contributed by atoms with Crippen molar-refractivity contribution in [3.05, 3.63) is 0 Å². The van der Waals surface area contributed by atoms with Crippen LogP contribution in [0.1, 0.15) is 96.8 Å². The smallest absolute Gasteiger partial charge is 0.295 e. The Morgan fingerprint density at radius 2 is 1.10 bits per heavy atom. The molecule has 0 amide bonds. The van der Waals surface area contributed by atoms with Crippen LogP contribution in [0.3, 0.4) is 0 Å². The summed E-state index contributed by atoms with van der Waals surface area (Å²) in [7, 11) is -2.06. The summed E-state index contributed by atoms with van der Waals surface area (Å²) >= 11 is 0. The molecule has 0 atom stereocenters. The van der Waals surface area contributed by atoms with Crippen LogP contribution < -0.4 is 0 Å². The fraction of sp³-hybridized carbons (Fsp3) is 1.00. The molecule has 21 heavy (non-hydrogen) atoms. The molecule has 0 radical (unpaired) electrons. The summed E-state index contributed by atoms with van der Waals surface area (Å²) < 4.78 is 10.3. The first-order valence-electron chi connectivity index (χ1n) is 9.18. The second kappa shape index (κ2) is 20.3. The van der Waals surface area contributed by atoms with E-state index in [1.165, 1.54) is 83.5 Å². The first-order chi connectivity index (χ1) is 10.4. The van der Waals surface area contributed by atoms with Crippen LogP contribution in [0.2, 0.25) is 0 Å². The van der Waals surface area contributed by atoms with Gasteiger partial charge in [-0.3, -0.25) is 0 Å². The molecule has 0 heterocycles. The number of rotatable bonds is 18. The molecule has 0 unspecified atom stereocenters. The monoisotopic (exact) mass is 334 g/mol.